The monoisotopic (exact) mass is 475 g/mol. The molecule has 176 valence electrons. The first-order valence-corrected chi connectivity index (χ1v) is 12.3. The summed E-state index contributed by atoms with van der Waals surface area (Å²) in [4.78, 5) is 17.2. The zero-order valence-electron chi connectivity index (χ0n) is 19.5. The number of carbonyl (C=O) groups is 1. The van der Waals surface area contributed by atoms with E-state index in [-0.39, 0.29) is 11.8 Å². The SMILES string of the molecule is CN(Cc1ccco1)C(=O)C1CCN(Cc2cc3ccccc3n2Cc2cccc(Cl)c2)CC1. The van der Waals surface area contributed by atoms with Gasteiger partial charge in [-0.1, -0.05) is 41.9 Å². The van der Waals surface area contributed by atoms with Gasteiger partial charge in [-0.25, -0.2) is 0 Å². The highest BCUT2D eigenvalue weighted by Crippen LogP contribution is 2.26. The number of fused-ring (bicyclic) bond motifs is 1. The Bertz CT molecular complexity index is 1260. The normalized spacial score (nSPS) is 15.1. The largest absolute Gasteiger partial charge is 0.467 e. The molecule has 0 aliphatic carbocycles. The van der Waals surface area contributed by atoms with Crippen molar-refractivity contribution in [2.24, 2.45) is 5.92 Å². The minimum absolute atomic E-state index is 0.0773. The van der Waals surface area contributed by atoms with Crippen molar-refractivity contribution < 1.29 is 9.21 Å². The number of para-hydroxylation sites is 1. The maximum atomic E-state index is 12.9. The molecular weight excluding hydrogens is 446 g/mol. The van der Waals surface area contributed by atoms with Gasteiger partial charge in [-0.15, -0.1) is 0 Å². The fourth-order valence-electron chi connectivity index (χ4n) is 5.00. The van der Waals surface area contributed by atoms with Crippen molar-refractivity contribution >= 4 is 28.4 Å². The van der Waals surface area contributed by atoms with Crippen LogP contribution in [-0.4, -0.2) is 40.4 Å². The van der Waals surface area contributed by atoms with E-state index in [9.17, 15) is 4.79 Å². The summed E-state index contributed by atoms with van der Waals surface area (Å²) in [5, 5.41) is 2.02. The quantitative estimate of drug-likeness (QED) is 0.339. The molecule has 0 saturated carbocycles. The first kappa shape index (κ1) is 22.8. The van der Waals surface area contributed by atoms with Crippen LogP contribution in [0.1, 0.15) is 29.9 Å². The molecule has 5 rings (SSSR count). The van der Waals surface area contributed by atoms with Gasteiger partial charge in [-0.2, -0.15) is 0 Å². The minimum Gasteiger partial charge on any atom is -0.467 e. The third kappa shape index (κ3) is 5.06. The van der Waals surface area contributed by atoms with E-state index in [1.54, 1.807) is 11.2 Å². The average molecular weight is 476 g/mol. The minimum atomic E-state index is 0.0773. The lowest BCUT2D eigenvalue weighted by molar-refractivity contribution is -0.136. The second kappa shape index (κ2) is 10.1. The number of carbonyl (C=O) groups excluding carboxylic acids is 1. The second-order valence-electron chi connectivity index (χ2n) is 9.23. The molecule has 0 unspecified atom stereocenters. The van der Waals surface area contributed by atoms with E-state index in [1.807, 2.05) is 37.4 Å². The van der Waals surface area contributed by atoms with E-state index in [2.05, 4.69) is 45.9 Å². The standard InChI is InChI=1S/C28H30ClN3O2/c1-30(20-26-9-5-15-34-26)28(33)22-11-13-31(14-12-22)19-25-17-23-7-2-3-10-27(23)32(25)18-21-6-4-8-24(29)16-21/h2-10,15-17,22H,11-14,18-20H2,1H3. The lowest BCUT2D eigenvalue weighted by Crippen LogP contribution is -2.41. The highest BCUT2D eigenvalue weighted by Gasteiger charge is 2.28. The zero-order valence-corrected chi connectivity index (χ0v) is 20.2. The Kier molecular flexibility index (Phi) is 6.75. The number of piperidine rings is 1. The van der Waals surface area contributed by atoms with Crippen LogP contribution in [0.4, 0.5) is 0 Å². The van der Waals surface area contributed by atoms with Crippen LogP contribution in [0.25, 0.3) is 10.9 Å². The lowest BCUT2D eigenvalue weighted by Gasteiger charge is -2.33. The molecule has 1 aliphatic heterocycles. The number of benzene rings is 2. The summed E-state index contributed by atoms with van der Waals surface area (Å²) in [7, 11) is 1.87. The van der Waals surface area contributed by atoms with Crippen molar-refractivity contribution in [2.45, 2.75) is 32.5 Å². The number of rotatable bonds is 7. The summed E-state index contributed by atoms with van der Waals surface area (Å²) in [6.07, 6.45) is 3.42. The van der Waals surface area contributed by atoms with E-state index >= 15 is 0 Å². The molecule has 2 aromatic heterocycles. The Morgan fingerprint density at radius 2 is 1.85 bits per heavy atom. The van der Waals surface area contributed by atoms with Gasteiger partial charge in [0.2, 0.25) is 5.91 Å². The highest BCUT2D eigenvalue weighted by atomic mass is 35.5. The van der Waals surface area contributed by atoms with Crippen LogP contribution in [0.5, 0.6) is 0 Å². The third-order valence-electron chi connectivity index (χ3n) is 6.80. The third-order valence-corrected chi connectivity index (χ3v) is 7.03. The topological polar surface area (TPSA) is 41.6 Å². The molecule has 3 heterocycles. The Morgan fingerprint density at radius 3 is 2.62 bits per heavy atom. The predicted octanol–water partition coefficient (Wildman–Crippen LogP) is 5.81. The maximum Gasteiger partial charge on any atom is 0.225 e. The van der Waals surface area contributed by atoms with Crippen molar-refractivity contribution in [3.05, 3.63) is 95.0 Å². The summed E-state index contributed by atoms with van der Waals surface area (Å²) >= 11 is 6.25. The fourth-order valence-corrected chi connectivity index (χ4v) is 5.21. The molecule has 1 saturated heterocycles. The van der Waals surface area contributed by atoms with Gasteiger partial charge in [-0.3, -0.25) is 9.69 Å². The number of amides is 1. The van der Waals surface area contributed by atoms with Gasteiger partial charge in [-0.05, 0) is 73.3 Å². The summed E-state index contributed by atoms with van der Waals surface area (Å²) < 4.78 is 7.80. The summed E-state index contributed by atoms with van der Waals surface area (Å²) in [5.41, 5.74) is 3.72. The van der Waals surface area contributed by atoms with Crippen LogP contribution >= 0.6 is 11.6 Å². The van der Waals surface area contributed by atoms with Crippen LogP contribution in [0, 0.1) is 5.92 Å². The first-order valence-electron chi connectivity index (χ1n) is 11.9. The molecule has 0 atom stereocenters. The average Bonchev–Trinajstić information content (AvgIpc) is 3.47. The molecule has 5 nitrogen and oxygen atoms in total. The van der Waals surface area contributed by atoms with E-state index in [0.717, 1.165) is 49.8 Å². The molecular formula is C28H30ClN3O2. The first-order chi connectivity index (χ1) is 16.6. The number of furan rings is 1. The smallest absolute Gasteiger partial charge is 0.225 e. The zero-order chi connectivity index (χ0) is 23.5. The van der Waals surface area contributed by atoms with Crippen molar-refractivity contribution in [1.29, 1.82) is 0 Å². The number of aromatic nitrogens is 1. The van der Waals surface area contributed by atoms with E-state index in [0.29, 0.717) is 6.54 Å². The lowest BCUT2D eigenvalue weighted by atomic mass is 9.95. The maximum absolute atomic E-state index is 12.9. The van der Waals surface area contributed by atoms with E-state index < -0.39 is 0 Å². The van der Waals surface area contributed by atoms with Crippen LogP contribution in [0.15, 0.2) is 77.4 Å². The highest BCUT2D eigenvalue weighted by molar-refractivity contribution is 6.30. The van der Waals surface area contributed by atoms with Crippen LogP contribution in [-0.2, 0) is 24.4 Å². The molecule has 4 aromatic rings. The second-order valence-corrected chi connectivity index (χ2v) is 9.67. The predicted molar refractivity (Wildman–Crippen MR) is 136 cm³/mol. The van der Waals surface area contributed by atoms with Gasteiger partial charge >= 0.3 is 0 Å². The van der Waals surface area contributed by atoms with Crippen LogP contribution in [0.3, 0.4) is 0 Å². The van der Waals surface area contributed by atoms with Gasteiger partial charge in [0.15, 0.2) is 0 Å². The van der Waals surface area contributed by atoms with Gasteiger partial charge in [0.25, 0.3) is 0 Å². The van der Waals surface area contributed by atoms with Crippen LogP contribution in [0.2, 0.25) is 5.02 Å². The summed E-state index contributed by atoms with van der Waals surface area (Å²) in [5.74, 6) is 1.11. The molecule has 2 aromatic carbocycles. The molecule has 0 bridgehead atoms. The number of likely N-dealkylation sites (tertiary alicyclic amines) is 1. The van der Waals surface area contributed by atoms with Crippen molar-refractivity contribution in [2.75, 3.05) is 20.1 Å². The molecule has 0 radical (unpaired) electrons. The van der Waals surface area contributed by atoms with Gasteiger partial charge in [0, 0.05) is 42.3 Å². The van der Waals surface area contributed by atoms with Crippen LogP contribution < -0.4 is 0 Å². The summed E-state index contributed by atoms with van der Waals surface area (Å²) in [6.45, 7) is 4.03. The number of hydrogen-bond donors (Lipinski definition) is 0. The Balaban J connectivity index is 1.26. The van der Waals surface area contributed by atoms with Crippen molar-refractivity contribution in [3.8, 4) is 0 Å². The molecule has 0 N–H and O–H groups in total. The Labute approximate surface area is 205 Å². The summed E-state index contributed by atoms with van der Waals surface area (Å²) in [6, 6.07) is 22.7. The van der Waals surface area contributed by atoms with Gasteiger partial charge in [0.1, 0.15) is 5.76 Å². The Hall–Kier alpha value is -3.02. The number of halogens is 1. The number of nitrogens with zero attached hydrogens (tertiary/aromatic N) is 3. The molecule has 1 amide bonds. The molecule has 1 aliphatic rings. The van der Waals surface area contributed by atoms with Gasteiger partial charge in [0.05, 0.1) is 12.8 Å². The van der Waals surface area contributed by atoms with Crippen molar-refractivity contribution in [1.82, 2.24) is 14.4 Å². The van der Waals surface area contributed by atoms with E-state index in [4.69, 9.17) is 16.0 Å². The molecule has 6 heteroatoms. The molecule has 1 fully saturated rings. The van der Waals surface area contributed by atoms with Crippen molar-refractivity contribution in [3.63, 3.8) is 0 Å². The molecule has 34 heavy (non-hydrogen) atoms. The van der Waals surface area contributed by atoms with Gasteiger partial charge < -0.3 is 13.9 Å². The Morgan fingerprint density at radius 1 is 1.03 bits per heavy atom. The molecule has 0 spiro atoms. The number of hydrogen-bond acceptors (Lipinski definition) is 3. The van der Waals surface area contributed by atoms with E-state index in [1.165, 1.54) is 22.2 Å². The fraction of sp³-hybridized carbons (Fsp3) is 0.321.